The molecule has 0 radical (unpaired) electrons. The summed E-state index contributed by atoms with van der Waals surface area (Å²) in [4.78, 5) is -0.197. The Morgan fingerprint density at radius 3 is 2.45 bits per heavy atom. The molecular weight excluding hydrogens is 286 g/mol. The van der Waals surface area contributed by atoms with E-state index in [0.717, 1.165) is 44.1 Å². The van der Waals surface area contributed by atoms with Crippen molar-refractivity contribution in [2.75, 3.05) is 19.6 Å². The summed E-state index contributed by atoms with van der Waals surface area (Å²) in [5.41, 5.74) is 0. The number of rotatable bonds is 4. The lowest BCUT2D eigenvalue weighted by molar-refractivity contribution is 0.270. The van der Waals surface area contributed by atoms with Gasteiger partial charge in [0.1, 0.15) is 0 Å². The predicted octanol–water partition coefficient (Wildman–Crippen LogP) is 1.73. The lowest BCUT2D eigenvalue weighted by atomic mass is 10.1. The first-order chi connectivity index (χ1) is 9.46. The zero-order valence-electron chi connectivity index (χ0n) is 11.3. The summed E-state index contributed by atoms with van der Waals surface area (Å²) in [5.74, 6) is -2.19. The van der Waals surface area contributed by atoms with Gasteiger partial charge < -0.3 is 5.32 Å². The Bertz CT molecular complexity index is 572. The molecule has 1 heterocycles. The summed E-state index contributed by atoms with van der Waals surface area (Å²) in [6.45, 7) is 3.58. The largest absolute Gasteiger partial charge is 0.317 e. The van der Waals surface area contributed by atoms with Crippen LogP contribution in [0.15, 0.2) is 23.1 Å². The van der Waals surface area contributed by atoms with Crippen molar-refractivity contribution in [2.45, 2.75) is 30.7 Å². The number of halogens is 2. The molecule has 20 heavy (non-hydrogen) atoms. The van der Waals surface area contributed by atoms with Gasteiger partial charge in [-0.25, -0.2) is 17.2 Å². The van der Waals surface area contributed by atoms with E-state index in [1.54, 1.807) is 6.92 Å². The van der Waals surface area contributed by atoms with Crippen molar-refractivity contribution in [2.24, 2.45) is 0 Å². The minimum absolute atomic E-state index is 0.0978. The van der Waals surface area contributed by atoms with Crippen molar-refractivity contribution in [3.63, 3.8) is 0 Å². The second-order valence-electron chi connectivity index (χ2n) is 4.77. The minimum Gasteiger partial charge on any atom is -0.317 e. The monoisotopic (exact) mass is 304 g/mol. The van der Waals surface area contributed by atoms with Crippen LogP contribution in [-0.2, 0) is 10.0 Å². The van der Waals surface area contributed by atoms with Gasteiger partial charge in [-0.2, -0.15) is 4.31 Å². The molecule has 1 saturated heterocycles. The summed E-state index contributed by atoms with van der Waals surface area (Å²) >= 11 is 0. The molecule has 0 saturated carbocycles. The number of nitrogens with one attached hydrogen (secondary N) is 1. The molecule has 0 aliphatic carbocycles. The van der Waals surface area contributed by atoms with E-state index in [9.17, 15) is 17.2 Å². The predicted molar refractivity (Wildman–Crippen MR) is 71.8 cm³/mol. The smallest absolute Gasteiger partial charge is 0.243 e. The molecule has 0 bridgehead atoms. The van der Waals surface area contributed by atoms with Gasteiger partial charge in [-0.1, -0.05) is 6.92 Å². The Balaban J connectivity index is 2.32. The molecule has 1 aromatic rings. The lowest BCUT2D eigenvalue weighted by Crippen LogP contribution is -2.45. The average Bonchev–Trinajstić information content (AvgIpc) is 2.43. The van der Waals surface area contributed by atoms with Crippen LogP contribution < -0.4 is 5.32 Å². The normalized spacial score (nSPS) is 17.6. The summed E-state index contributed by atoms with van der Waals surface area (Å²) in [6, 6.07) is 2.60. The molecule has 0 unspecified atom stereocenters. The molecule has 0 spiro atoms. The second kappa shape index (κ2) is 6.15. The summed E-state index contributed by atoms with van der Waals surface area (Å²) in [7, 11) is -3.79. The fourth-order valence-corrected chi connectivity index (χ4v) is 4.20. The fourth-order valence-electron chi connectivity index (χ4n) is 2.49. The molecule has 0 amide bonds. The SMILES string of the molecule is CCN(C1CCNCC1)S(=O)(=O)c1ccc(F)c(F)c1. The van der Waals surface area contributed by atoms with Crippen molar-refractivity contribution < 1.29 is 17.2 Å². The highest BCUT2D eigenvalue weighted by molar-refractivity contribution is 7.89. The molecule has 0 aromatic heterocycles. The number of piperidine rings is 1. The van der Waals surface area contributed by atoms with Crippen LogP contribution in [-0.4, -0.2) is 38.4 Å². The summed E-state index contributed by atoms with van der Waals surface area (Å²) < 4.78 is 52.6. The van der Waals surface area contributed by atoms with Crippen LogP contribution in [0.2, 0.25) is 0 Å². The molecule has 4 nitrogen and oxygen atoms in total. The highest BCUT2D eigenvalue weighted by Crippen LogP contribution is 2.23. The van der Waals surface area contributed by atoms with E-state index in [-0.39, 0.29) is 10.9 Å². The van der Waals surface area contributed by atoms with Crippen LogP contribution in [0.4, 0.5) is 8.78 Å². The second-order valence-corrected chi connectivity index (χ2v) is 6.66. The van der Waals surface area contributed by atoms with Crippen molar-refractivity contribution in [1.29, 1.82) is 0 Å². The van der Waals surface area contributed by atoms with E-state index in [0.29, 0.717) is 6.54 Å². The van der Waals surface area contributed by atoms with Crippen molar-refractivity contribution in [3.05, 3.63) is 29.8 Å². The Morgan fingerprint density at radius 2 is 1.90 bits per heavy atom. The molecule has 2 rings (SSSR count). The average molecular weight is 304 g/mol. The van der Waals surface area contributed by atoms with Crippen molar-refractivity contribution in [3.8, 4) is 0 Å². The molecule has 0 atom stereocenters. The van der Waals surface area contributed by atoms with E-state index in [1.165, 1.54) is 4.31 Å². The van der Waals surface area contributed by atoms with Crippen LogP contribution >= 0.6 is 0 Å². The van der Waals surface area contributed by atoms with Gasteiger partial charge in [-0.05, 0) is 44.1 Å². The molecular formula is C13H18F2N2O2S. The van der Waals surface area contributed by atoms with Gasteiger partial charge in [0.25, 0.3) is 0 Å². The van der Waals surface area contributed by atoms with Gasteiger partial charge >= 0.3 is 0 Å². The maximum atomic E-state index is 13.3. The van der Waals surface area contributed by atoms with Crippen LogP contribution in [0.5, 0.6) is 0 Å². The molecule has 1 aliphatic rings. The van der Waals surface area contributed by atoms with Crippen LogP contribution in [0.1, 0.15) is 19.8 Å². The van der Waals surface area contributed by atoms with E-state index in [1.807, 2.05) is 0 Å². The Kier molecular flexibility index (Phi) is 4.72. The highest BCUT2D eigenvalue weighted by atomic mass is 32.2. The molecule has 7 heteroatoms. The van der Waals surface area contributed by atoms with Gasteiger partial charge in [0.2, 0.25) is 10.0 Å². The van der Waals surface area contributed by atoms with Crippen LogP contribution in [0, 0.1) is 11.6 Å². The van der Waals surface area contributed by atoms with Gasteiger partial charge in [-0.3, -0.25) is 0 Å². The number of sulfonamides is 1. The zero-order chi connectivity index (χ0) is 14.8. The van der Waals surface area contributed by atoms with Crippen molar-refractivity contribution >= 4 is 10.0 Å². The van der Waals surface area contributed by atoms with E-state index in [4.69, 9.17) is 0 Å². The van der Waals surface area contributed by atoms with E-state index >= 15 is 0 Å². The molecule has 1 aromatic carbocycles. The van der Waals surface area contributed by atoms with E-state index < -0.39 is 21.7 Å². The summed E-state index contributed by atoms with van der Waals surface area (Å²) in [5, 5.41) is 3.17. The summed E-state index contributed by atoms with van der Waals surface area (Å²) in [6.07, 6.45) is 1.44. The maximum absolute atomic E-state index is 13.3. The van der Waals surface area contributed by atoms with Gasteiger partial charge in [0, 0.05) is 12.6 Å². The first kappa shape index (κ1) is 15.3. The zero-order valence-corrected chi connectivity index (χ0v) is 12.1. The topological polar surface area (TPSA) is 49.4 Å². The van der Waals surface area contributed by atoms with Crippen LogP contribution in [0.25, 0.3) is 0 Å². The van der Waals surface area contributed by atoms with Gasteiger partial charge in [-0.15, -0.1) is 0 Å². The molecule has 112 valence electrons. The lowest BCUT2D eigenvalue weighted by Gasteiger charge is -2.32. The molecule has 1 aliphatic heterocycles. The standard InChI is InChI=1S/C13H18F2N2O2S/c1-2-17(10-5-7-16-8-6-10)20(18,19)11-3-4-12(14)13(15)9-11/h3-4,9-10,16H,2,5-8H2,1H3. The van der Waals surface area contributed by atoms with Crippen molar-refractivity contribution in [1.82, 2.24) is 9.62 Å². The number of hydrogen-bond acceptors (Lipinski definition) is 3. The molecule has 1 fully saturated rings. The third-order valence-electron chi connectivity index (χ3n) is 3.53. The quantitative estimate of drug-likeness (QED) is 0.921. The number of benzene rings is 1. The Labute approximate surface area is 117 Å². The Morgan fingerprint density at radius 1 is 1.25 bits per heavy atom. The highest BCUT2D eigenvalue weighted by Gasteiger charge is 2.31. The van der Waals surface area contributed by atoms with Gasteiger partial charge in [0.05, 0.1) is 4.90 Å². The van der Waals surface area contributed by atoms with E-state index in [2.05, 4.69) is 5.32 Å². The van der Waals surface area contributed by atoms with Gasteiger partial charge in [0.15, 0.2) is 11.6 Å². The number of hydrogen-bond donors (Lipinski definition) is 1. The maximum Gasteiger partial charge on any atom is 0.243 e. The Hall–Kier alpha value is -1.05. The number of nitrogens with zero attached hydrogens (tertiary/aromatic N) is 1. The third-order valence-corrected chi connectivity index (χ3v) is 5.55. The molecule has 1 N–H and O–H groups in total. The fraction of sp³-hybridized carbons (Fsp3) is 0.538. The van der Waals surface area contributed by atoms with Crippen LogP contribution in [0.3, 0.4) is 0 Å². The first-order valence-corrected chi connectivity index (χ1v) is 8.08. The minimum atomic E-state index is -3.79. The third kappa shape index (κ3) is 2.99. The first-order valence-electron chi connectivity index (χ1n) is 6.64.